The third kappa shape index (κ3) is 3.36. The summed E-state index contributed by atoms with van der Waals surface area (Å²) in [6.45, 7) is 0. The maximum absolute atomic E-state index is 6.29. The zero-order valence-electron chi connectivity index (χ0n) is 22.3. The van der Waals surface area contributed by atoms with E-state index in [1.807, 2.05) is 12.1 Å². The SMILES string of the molecule is c1cc(-c2ccc(-c3cccc4c3oc3ccccc34)cc2)cc(-c2cc3c4c(cccc4c2)-c2ccccc2-3)c1. The largest absolute Gasteiger partial charge is 0.455 e. The molecule has 0 amide bonds. The van der Waals surface area contributed by atoms with Gasteiger partial charge < -0.3 is 4.42 Å². The minimum Gasteiger partial charge on any atom is -0.455 e. The second-order valence-corrected chi connectivity index (χ2v) is 10.9. The normalized spacial score (nSPS) is 11.9. The fraction of sp³-hybridized carbons (Fsp3) is 0. The zero-order valence-corrected chi connectivity index (χ0v) is 22.3. The Morgan fingerprint density at radius 1 is 0.341 bits per heavy atom. The molecule has 1 nitrogen and oxygen atoms in total. The maximum Gasteiger partial charge on any atom is 0.143 e. The van der Waals surface area contributed by atoms with E-state index in [2.05, 4.69) is 133 Å². The van der Waals surface area contributed by atoms with E-state index >= 15 is 0 Å². The Morgan fingerprint density at radius 2 is 0.976 bits per heavy atom. The molecule has 8 aromatic rings. The fourth-order valence-electron chi connectivity index (χ4n) is 6.68. The summed E-state index contributed by atoms with van der Waals surface area (Å²) in [6.07, 6.45) is 0. The van der Waals surface area contributed by atoms with Gasteiger partial charge in [-0.2, -0.15) is 0 Å². The third-order valence-corrected chi connectivity index (χ3v) is 8.61. The van der Waals surface area contributed by atoms with Gasteiger partial charge in [0.2, 0.25) is 0 Å². The van der Waals surface area contributed by atoms with Gasteiger partial charge in [0.05, 0.1) is 0 Å². The molecule has 0 saturated heterocycles. The molecular weight excluding hydrogens is 496 g/mol. The molecule has 9 rings (SSSR count). The first kappa shape index (κ1) is 22.4. The molecule has 1 aliphatic rings. The first-order valence-electron chi connectivity index (χ1n) is 14.1. The van der Waals surface area contributed by atoms with Crippen LogP contribution in [0.1, 0.15) is 0 Å². The summed E-state index contributed by atoms with van der Waals surface area (Å²) < 4.78 is 6.29. The van der Waals surface area contributed by atoms with Crippen molar-refractivity contribution in [2.45, 2.75) is 0 Å². The van der Waals surface area contributed by atoms with Gasteiger partial charge in [-0.05, 0) is 85.1 Å². The van der Waals surface area contributed by atoms with E-state index in [0.29, 0.717) is 0 Å². The molecule has 0 bridgehead atoms. The summed E-state index contributed by atoms with van der Waals surface area (Å²) in [5.74, 6) is 0. The predicted molar refractivity (Wildman–Crippen MR) is 172 cm³/mol. The minimum atomic E-state index is 0.926. The van der Waals surface area contributed by atoms with Crippen molar-refractivity contribution in [2.75, 3.05) is 0 Å². The second kappa shape index (κ2) is 8.55. The molecule has 1 aromatic heterocycles. The van der Waals surface area contributed by atoms with Crippen molar-refractivity contribution in [3.05, 3.63) is 146 Å². The number of benzene rings is 7. The molecule has 1 heteroatoms. The van der Waals surface area contributed by atoms with E-state index in [9.17, 15) is 0 Å². The van der Waals surface area contributed by atoms with Crippen LogP contribution in [0.15, 0.2) is 150 Å². The van der Waals surface area contributed by atoms with E-state index in [1.165, 1.54) is 55.3 Å². The molecule has 1 aliphatic carbocycles. The van der Waals surface area contributed by atoms with Crippen molar-refractivity contribution in [3.63, 3.8) is 0 Å². The minimum absolute atomic E-state index is 0.926. The quantitative estimate of drug-likeness (QED) is 0.226. The predicted octanol–water partition coefficient (Wildman–Crippen LogP) is 11.4. The Morgan fingerprint density at radius 3 is 1.85 bits per heavy atom. The smallest absolute Gasteiger partial charge is 0.143 e. The van der Waals surface area contributed by atoms with Gasteiger partial charge in [0.1, 0.15) is 11.2 Å². The van der Waals surface area contributed by atoms with Gasteiger partial charge in [-0.3, -0.25) is 0 Å². The van der Waals surface area contributed by atoms with Crippen LogP contribution in [0.25, 0.3) is 88.3 Å². The third-order valence-electron chi connectivity index (χ3n) is 8.61. The Bertz CT molecular complexity index is 2300. The summed E-state index contributed by atoms with van der Waals surface area (Å²) in [5.41, 5.74) is 14.4. The molecule has 0 unspecified atom stereocenters. The standard InChI is InChI=1S/C40H24O/c1-2-12-33-32(11-1)35-15-6-10-29-23-30(24-37(33)39(29)35)28-9-5-8-27(22-28)25-18-20-26(21-19-25)31-14-7-16-36-34-13-3-4-17-38(34)41-40(31)36/h1-24H. The van der Waals surface area contributed by atoms with E-state index in [4.69, 9.17) is 4.42 Å². The van der Waals surface area contributed by atoms with Crippen LogP contribution >= 0.6 is 0 Å². The molecule has 0 atom stereocenters. The number of hydrogen-bond donors (Lipinski definition) is 0. The monoisotopic (exact) mass is 520 g/mol. The number of furan rings is 1. The number of hydrogen-bond acceptors (Lipinski definition) is 1. The number of rotatable bonds is 3. The molecule has 190 valence electrons. The van der Waals surface area contributed by atoms with Crippen LogP contribution in [-0.4, -0.2) is 0 Å². The van der Waals surface area contributed by atoms with Crippen LogP contribution in [0.3, 0.4) is 0 Å². The Hall–Kier alpha value is -5.40. The molecule has 0 radical (unpaired) electrons. The summed E-state index contributed by atoms with van der Waals surface area (Å²) >= 11 is 0. The summed E-state index contributed by atoms with van der Waals surface area (Å²) in [7, 11) is 0. The van der Waals surface area contributed by atoms with Crippen LogP contribution in [0.2, 0.25) is 0 Å². The number of fused-ring (bicyclic) bond motifs is 6. The highest BCUT2D eigenvalue weighted by molar-refractivity contribution is 6.16. The topological polar surface area (TPSA) is 13.1 Å². The van der Waals surface area contributed by atoms with Gasteiger partial charge in [0.25, 0.3) is 0 Å². The lowest BCUT2D eigenvalue weighted by molar-refractivity contribution is 0.670. The first-order chi connectivity index (χ1) is 20.3. The summed E-state index contributed by atoms with van der Waals surface area (Å²) in [5, 5.41) is 4.97. The Balaban J connectivity index is 1.11. The van der Waals surface area contributed by atoms with Crippen LogP contribution < -0.4 is 0 Å². The van der Waals surface area contributed by atoms with Crippen LogP contribution in [0, 0.1) is 0 Å². The van der Waals surface area contributed by atoms with Gasteiger partial charge >= 0.3 is 0 Å². The van der Waals surface area contributed by atoms with E-state index < -0.39 is 0 Å². The van der Waals surface area contributed by atoms with Crippen molar-refractivity contribution in [1.82, 2.24) is 0 Å². The molecule has 0 spiro atoms. The molecule has 7 aromatic carbocycles. The second-order valence-electron chi connectivity index (χ2n) is 10.9. The Labute approximate surface area is 237 Å². The van der Waals surface area contributed by atoms with Crippen molar-refractivity contribution in [3.8, 4) is 55.6 Å². The molecular formula is C40H24O. The van der Waals surface area contributed by atoms with Gasteiger partial charge in [-0.15, -0.1) is 0 Å². The van der Waals surface area contributed by atoms with Crippen molar-refractivity contribution in [2.24, 2.45) is 0 Å². The van der Waals surface area contributed by atoms with Gasteiger partial charge in [0.15, 0.2) is 0 Å². The average Bonchev–Trinajstić information content (AvgIpc) is 3.58. The lowest BCUT2D eigenvalue weighted by Crippen LogP contribution is -1.85. The summed E-state index contributed by atoms with van der Waals surface area (Å²) in [6, 6.07) is 52.6. The van der Waals surface area contributed by atoms with Crippen molar-refractivity contribution < 1.29 is 4.42 Å². The highest BCUT2D eigenvalue weighted by Crippen LogP contribution is 2.48. The van der Waals surface area contributed by atoms with E-state index in [0.717, 1.165) is 33.1 Å². The van der Waals surface area contributed by atoms with E-state index in [-0.39, 0.29) is 0 Å². The molecule has 0 fully saturated rings. The van der Waals surface area contributed by atoms with Crippen molar-refractivity contribution in [1.29, 1.82) is 0 Å². The molecule has 1 heterocycles. The number of para-hydroxylation sites is 2. The van der Waals surface area contributed by atoms with Gasteiger partial charge in [-0.1, -0.05) is 121 Å². The fourth-order valence-corrected chi connectivity index (χ4v) is 6.68. The lowest BCUT2D eigenvalue weighted by atomic mass is 9.93. The maximum atomic E-state index is 6.29. The van der Waals surface area contributed by atoms with Crippen LogP contribution in [0.4, 0.5) is 0 Å². The van der Waals surface area contributed by atoms with Gasteiger partial charge in [-0.25, -0.2) is 0 Å². The first-order valence-corrected chi connectivity index (χ1v) is 14.1. The average molecular weight is 521 g/mol. The zero-order chi connectivity index (χ0) is 26.9. The molecule has 41 heavy (non-hydrogen) atoms. The molecule has 0 N–H and O–H groups in total. The summed E-state index contributed by atoms with van der Waals surface area (Å²) in [4.78, 5) is 0. The highest BCUT2D eigenvalue weighted by Gasteiger charge is 2.21. The van der Waals surface area contributed by atoms with Crippen LogP contribution in [0.5, 0.6) is 0 Å². The van der Waals surface area contributed by atoms with Crippen molar-refractivity contribution >= 4 is 32.7 Å². The molecule has 0 aliphatic heterocycles. The highest BCUT2D eigenvalue weighted by atomic mass is 16.3. The van der Waals surface area contributed by atoms with E-state index in [1.54, 1.807) is 0 Å². The lowest BCUT2D eigenvalue weighted by Gasteiger charge is -2.10. The van der Waals surface area contributed by atoms with Crippen LogP contribution in [-0.2, 0) is 0 Å². The molecule has 0 saturated carbocycles. The Kier molecular flexibility index (Phi) is 4.67. The van der Waals surface area contributed by atoms with Gasteiger partial charge in [0, 0.05) is 16.3 Å².